The second kappa shape index (κ2) is 7.44. The fourth-order valence-corrected chi connectivity index (χ4v) is 3.45. The van der Waals surface area contributed by atoms with E-state index in [0.29, 0.717) is 17.7 Å². The average Bonchev–Trinajstić information content (AvgIpc) is 2.64. The number of carbonyl (C=O) groups excluding carboxylic acids is 1. The number of fused-ring (bicyclic) bond motifs is 1. The number of carbonyl (C=O) groups is 2. The van der Waals surface area contributed by atoms with Crippen molar-refractivity contribution in [1.82, 2.24) is 15.2 Å². The van der Waals surface area contributed by atoms with Crippen LogP contribution in [0, 0.1) is 0 Å². The van der Waals surface area contributed by atoms with Gasteiger partial charge in [-0.25, -0.2) is 0 Å². The summed E-state index contributed by atoms with van der Waals surface area (Å²) in [5.74, 6) is -1.88. The summed E-state index contributed by atoms with van der Waals surface area (Å²) in [5, 5.41) is 13.0. The van der Waals surface area contributed by atoms with E-state index in [9.17, 15) is 14.7 Å². The normalized spacial score (nSPS) is 19.6. The van der Waals surface area contributed by atoms with Crippen molar-refractivity contribution in [3.05, 3.63) is 65.5 Å². The maximum atomic E-state index is 13.1. The van der Waals surface area contributed by atoms with E-state index < -0.39 is 17.9 Å². The number of benzene rings is 1. The first-order valence-electron chi connectivity index (χ1n) is 8.32. The van der Waals surface area contributed by atoms with Crippen molar-refractivity contribution in [3.8, 4) is 0 Å². The molecule has 0 spiro atoms. The van der Waals surface area contributed by atoms with Gasteiger partial charge in [0.2, 0.25) is 0 Å². The molecular weight excluding hydrogens is 318 g/mol. The quantitative estimate of drug-likeness (QED) is 0.787. The molecule has 6 heteroatoms. The molecule has 2 heterocycles. The SMILES string of the molecule is CNCCCN1C(=O)c2ccccc2[C@@H](C(=O)O)[C@@H]1c1cccnc1. The fourth-order valence-electron chi connectivity index (χ4n) is 3.45. The number of carboxylic acids is 1. The molecule has 0 saturated heterocycles. The number of hydrogen-bond acceptors (Lipinski definition) is 4. The largest absolute Gasteiger partial charge is 0.481 e. The smallest absolute Gasteiger partial charge is 0.313 e. The van der Waals surface area contributed by atoms with Crippen LogP contribution in [0.25, 0.3) is 0 Å². The Bertz CT molecular complexity index is 764. The highest BCUT2D eigenvalue weighted by atomic mass is 16.4. The van der Waals surface area contributed by atoms with Crippen LogP contribution in [0.1, 0.15) is 39.9 Å². The molecule has 130 valence electrons. The van der Waals surface area contributed by atoms with Crippen LogP contribution in [-0.4, -0.2) is 47.0 Å². The van der Waals surface area contributed by atoms with Gasteiger partial charge in [-0.3, -0.25) is 14.6 Å². The van der Waals surface area contributed by atoms with E-state index in [1.807, 2.05) is 13.1 Å². The van der Waals surface area contributed by atoms with Gasteiger partial charge in [-0.1, -0.05) is 24.3 Å². The molecular formula is C19H21N3O3. The monoisotopic (exact) mass is 339 g/mol. The molecule has 0 bridgehead atoms. The summed E-state index contributed by atoms with van der Waals surface area (Å²) >= 11 is 0. The molecule has 25 heavy (non-hydrogen) atoms. The molecule has 1 amide bonds. The van der Waals surface area contributed by atoms with Crippen molar-refractivity contribution >= 4 is 11.9 Å². The first-order valence-corrected chi connectivity index (χ1v) is 8.32. The highest BCUT2D eigenvalue weighted by molar-refractivity contribution is 6.00. The Morgan fingerprint density at radius 3 is 2.76 bits per heavy atom. The van der Waals surface area contributed by atoms with Gasteiger partial charge in [0.25, 0.3) is 5.91 Å². The van der Waals surface area contributed by atoms with E-state index in [2.05, 4.69) is 10.3 Å². The van der Waals surface area contributed by atoms with Crippen LogP contribution >= 0.6 is 0 Å². The number of hydrogen-bond donors (Lipinski definition) is 2. The van der Waals surface area contributed by atoms with Gasteiger partial charge >= 0.3 is 5.97 Å². The van der Waals surface area contributed by atoms with Crippen molar-refractivity contribution in [2.24, 2.45) is 0 Å². The first kappa shape index (κ1) is 17.1. The summed E-state index contributed by atoms with van der Waals surface area (Å²) in [6.45, 7) is 1.24. The van der Waals surface area contributed by atoms with Crippen LogP contribution in [0.3, 0.4) is 0 Å². The number of rotatable bonds is 6. The van der Waals surface area contributed by atoms with Gasteiger partial charge in [0.15, 0.2) is 0 Å². The molecule has 0 radical (unpaired) electrons. The highest BCUT2D eigenvalue weighted by Crippen LogP contribution is 2.42. The van der Waals surface area contributed by atoms with E-state index >= 15 is 0 Å². The molecule has 1 aliphatic heterocycles. The average molecular weight is 339 g/mol. The number of amides is 1. The molecule has 2 N–H and O–H groups in total. The molecule has 1 aliphatic rings. The van der Waals surface area contributed by atoms with Crippen molar-refractivity contribution in [2.45, 2.75) is 18.4 Å². The Kier molecular flexibility index (Phi) is 5.09. The van der Waals surface area contributed by atoms with Crippen molar-refractivity contribution < 1.29 is 14.7 Å². The predicted octanol–water partition coefficient (Wildman–Crippen LogP) is 2.06. The first-order chi connectivity index (χ1) is 12.1. The van der Waals surface area contributed by atoms with E-state index in [1.165, 1.54) is 0 Å². The third kappa shape index (κ3) is 3.25. The van der Waals surface area contributed by atoms with Crippen LogP contribution in [0.5, 0.6) is 0 Å². The van der Waals surface area contributed by atoms with Crippen LogP contribution < -0.4 is 5.32 Å². The molecule has 0 unspecified atom stereocenters. The Morgan fingerprint density at radius 2 is 2.08 bits per heavy atom. The van der Waals surface area contributed by atoms with Gasteiger partial charge in [0.05, 0.1) is 6.04 Å². The Hall–Kier alpha value is -2.73. The zero-order chi connectivity index (χ0) is 17.8. The Balaban J connectivity index is 2.11. The maximum Gasteiger partial charge on any atom is 0.313 e. The Labute approximate surface area is 146 Å². The van der Waals surface area contributed by atoms with Crippen molar-refractivity contribution in [3.63, 3.8) is 0 Å². The van der Waals surface area contributed by atoms with Gasteiger partial charge in [-0.15, -0.1) is 0 Å². The zero-order valence-electron chi connectivity index (χ0n) is 14.1. The summed E-state index contributed by atoms with van der Waals surface area (Å²) in [5.41, 5.74) is 1.78. The standard InChI is InChI=1S/C19H21N3O3/c1-20-9-5-11-22-17(13-6-4-10-21-12-13)16(19(24)25)14-7-2-3-8-15(14)18(22)23/h2-4,6-8,10,12,16-17,20H,5,9,11H2,1H3,(H,24,25)/t16-,17+/m1/s1. The number of aliphatic carboxylic acids is 1. The summed E-state index contributed by atoms with van der Waals surface area (Å²) in [4.78, 5) is 31.0. The lowest BCUT2D eigenvalue weighted by molar-refractivity contribution is -0.140. The summed E-state index contributed by atoms with van der Waals surface area (Å²) in [6.07, 6.45) is 4.03. The molecule has 2 aromatic rings. The second-order valence-electron chi connectivity index (χ2n) is 6.09. The van der Waals surface area contributed by atoms with Crippen molar-refractivity contribution in [2.75, 3.05) is 20.1 Å². The molecule has 1 aromatic heterocycles. The van der Waals surface area contributed by atoms with Gasteiger partial charge < -0.3 is 15.3 Å². The van der Waals surface area contributed by atoms with Crippen LogP contribution in [0.2, 0.25) is 0 Å². The minimum atomic E-state index is -0.938. The zero-order valence-corrected chi connectivity index (χ0v) is 14.1. The van der Waals surface area contributed by atoms with Gasteiger partial charge in [0, 0.05) is 24.5 Å². The van der Waals surface area contributed by atoms with E-state index in [4.69, 9.17) is 0 Å². The third-order valence-electron chi connectivity index (χ3n) is 4.56. The maximum absolute atomic E-state index is 13.1. The van der Waals surface area contributed by atoms with Gasteiger partial charge in [-0.2, -0.15) is 0 Å². The van der Waals surface area contributed by atoms with Crippen LogP contribution in [0.15, 0.2) is 48.8 Å². The molecule has 2 atom stereocenters. The van der Waals surface area contributed by atoms with E-state index in [-0.39, 0.29) is 5.91 Å². The molecule has 3 rings (SSSR count). The molecule has 0 fully saturated rings. The summed E-state index contributed by atoms with van der Waals surface area (Å²) in [7, 11) is 1.85. The lowest BCUT2D eigenvalue weighted by Gasteiger charge is -2.40. The van der Waals surface area contributed by atoms with Gasteiger partial charge in [-0.05, 0) is 43.3 Å². The molecule has 1 aromatic carbocycles. The molecule has 0 saturated carbocycles. The third-order valence-corrected chi connectivity index (χ3v) is 4.56. The number of pyridine rings is 1. The van der Waals surface area contributed by atoms with Crippen LogP contribution in [-0.2, 0) is 4.79 Å². The number of aromatic nitrogens is 1. The van der Waals surface area contributed by atoms with Gasteiger partial charge in [0.1, 0.15) is 5.92 Å². The topological polar surface area (TPSA) is 82.5 Å². The predicted molar refractivity (Wildman–Crippen MR) is 93.4 cm³/mol. The molecule has 6 nitrogen and oxygen atoms in total. The minimum Gasteiger partial charge on any atom is -0.481 e. The summed E-state index contributed by atoms with van der Waals surface area (Å²) < 4.78 is 0. The lowest BCUT2D eigenvalue weighted by Crippen LogP contribution is -2.45. The second-order valence-corrected chi connectivity index (χ2v) is 6.09. The molecule has 0 aliphatic carbocycles. The van der Waals surface area contributed by atoms with Crippen LogP contribution in [0.4, 0.5) is 0 Å². The lowest BCUT2D eigenvalue weighted by atomic mass is 9.80. The number of nitrogens with one attached hydrogen (secondary N) is 1. The Morgan fingerprint density at radius 1 is 1.28 bits per heavy atom. The van der Waals surface area contributed by atoms with E-state index in [0.717, 1.165) is 18.5 Å². The van der Waals surface area contributed by atoms with E-state index in [1.54, 1.807) is 47.6 Å². The fraction of sp³-hybridized carbons (Fsp3) is 0.316. The summed E-state index contributed by atoms with van der Waals surface area (Å²) in [6, 6.07) is 10.0. The van der Waals surface area contributed by atoms with Crippen molar-refractivity contribution in [1.29, 1.82) is 0 Å². The number of nitrogens with zero attached hydrogens (tertiary/aromatic N) is 2. The minimum absolute atomic E-state index is 0.127. The highest BCUT2D eigenvalue weighted by Gasteiger charge is 2.43. The number of carboxylic acid groups (broad SMARTS) is 1.